The normalized spacial score (nSPS) is 19.3. The highest BCUT2D eigenvalue weighted by molar-refractivity contribution is 6.35. The van der Waals surface area contributed by atoms with E-state index < -0.39 is 5.82 Å². The molecule has 4 rings (SSSR count). The third kappa shape index (κ3) is 4.40. The van der Waals surface area contributed by atoms with Crippen molar-refractivity contribution in [2.24, 2.45) is 5.92 Å². The molecule has 1 saturated heterocycles. The monoisotopic (exact) mass is 436 g/mol. The maximum absolute atomic E-state index is 14.3. The van der Waals surface area contributed by atoms with Gasteiger partial charge in [0, 0.05) is 18.7 Å². The molecule has 2 aromatic rings. The van der Waals surface area contributed by atoms with Crippen molar-refractivity contribution in [1.82, 2.24) is 9.80 Å². The van der Waals surface area contributed by atoms with Crippen LogP contribution in [0, 0.1) is 11.7 Å². The van der Waals surface area contributed by atoms with Gasteiger partial charge in [-0.25, -0.2) is 4.39 Å². The number of rotatable bonds is 6. The standard InChI is InChI=1S/C26H29FN2O3/c1-17(2)32-21-12-10-19(11-13-21)23-24(28-14-6-7-18(3)15-28)26(31)29(25(23)30)16-20-8-4-5-9-22(20)27/h4-5,8-13,17-18H,6-7,14-16H2,1-3H3. The SMILES string of the molecule is CC1CCCN(C2=C(c3ccc(OC(C)C)cc3)C(=O)N(Cc3ccccc3F)C2=O)C1. The number of ether oxygens (including phenoxy) is 1. The molecule has 0 radical (unpaired) electrons. The summed E-state index contributed by atoms with van der Waals surface area (Å²) in [5.74, 6) is -0.0286. The summed E-state index contributed by atoms with van der Waals surface area (Å²) in [5.41, 5.74) is 1.80. The number of halogens is 1. The van der Waals surface area contributed by atoms with Gasteiger partial charge in [-0.05, 0) is 56.4 Å². The van der Waals surface area contributed by atoms with Crippen molar-refractivity contribution in [2.45, 2.75) is 46.3 Å². The van der Waals surface area contributed by atoms with E-state index in [1.54, 1.807) is 18.2 Å². The van der Waals surface area contributed by atoms with E-state index in [-0.39, 0.29) is 24.5 Å². The van der Waals surface area contributed by atoms with Gasteiger partial charge in [0.15, 0.2) is 0 Å². The average Bonchev–Trinajstić information content (AvgIpc) is 3.00. The average molecular weight is 437 g/mol. The van der Waals surface area contributed by atoms with Crippen LogP contribution in [0.2, 0.25) is 0 Å². The van der Waals surface area contributed by atoms with Gasteiger partial charge in [0.1, 0.15) is 17.3 Å². The number of piperidine rings is 1. The van der Waals surface area contributed by atoms with Gasteiger partial charge in [0.25, 0.3) is 11.8 Å². The quantitative estimate of drug-likeness (QED) is 0.620. The van der Waals surface area contributed by atoms with E-state index in [2.05, 4.69) is 6.92 Å². The van der Waals surface area contributed by atoms with E-state index in [0.717, 1.165) is 25.9 Å². The van der Waals surface area contributed by atoms with Gasteiger partial charge in [-0.2, -0.15) is 0 Å². The largest absolute Gasteiger partial charge is 0.491 e. The maximum atomic E-state index is 14.3. The van der Waals surface area contributed by atoms with Gasteiger partial charge < -0.3 is 9.64 Å². The van der Waals surface area contributed by atoms with E-state index in [0.29, 0.717) is 34.1 Å². The molecule has 32 heavy (non-hydrogen) atoms. The number of imide groups is 1. The summed E-state index contributed by atoms with van der Waals surface area (Å²) in [4.78, 5) is 30.2. The number of hydrogen-bond acceptors (Lipinski definition) is 4. The van der Waals surface area contributed by atoms with Gasteiger partial charge in [-0.15, -0.1) is 0 Å². The molecule has 0 N–H and O–H groups in total. The molecule has 0 spiro atoms. The van der Waals surface area contributed by atoms with E-state index in [1.807, 2.05) is 43.0 Å². The second-order valence-electron chi connectivity index (χ2n) is 8.90. The summed E-state index contributed by atoms with van der Waals surface area (Å²) in [7, 11) is 0. The van der Waals surface area contributed by atoms with Crippen LogP contribution in [0.25, 0.3) is 5.57 Å². The molecule has 1 fully saturated rings. The lowest BCUT2D eigenvalue weighted by Gasteiger charge is -2.33. The lowest BCUT2D eigenvalue weighted by Crippen LogP contribution is -2.39. The predicted molar refractivity (Wildman–Crippen MR) is 121 cm³/mol. The Balaban J connectivity index is 1.72. The summed E-state index contributed by atoms with van der Waals surface area (Å²) >= 11 is 0. The molecule has 6 heteroatoms. The van der Waals surface area contributed by atoms with Crippen molar-refractivity contribution in [3.8, 4) is 5.75 Å². The van der Waals surface area contributed by atoms with Crippen molar-refractivity contribution >= 4 is 17.4 Å². The molecule has 2 aromatic carbocycles. The van der Waals surface area contributed by atoms with Gasteiger partial charge in [0.2, 0.25) is 0 Å². The number of nitrogens with zero attached hydrogens (tertiary/aromatic N) is 2. The van der Waals surface area contributed by atoms with E-state index in [9.17, 15) is 14.0 Å². The van der Waals surface area contributed by atoms with Crippen LogP contribution in [-0.2, 0) is 16.1 Å². The smallest absolute Gasteiger partial charge is 0.278 e. The highest BCUT2D eigenvalue weighted by Crippen LogP contribution is 2.35. The first-order chi connectivity index (χ1) is 15.3. The second kappa shape index (κ2) is 9.15. The Morgan fingerprint density at radius 2 is 1.78 bits per heavy atom. The van der Waals surface area contributed by atoms with Crippen LogP contribution in [0.5, 0.6) is 5.75 Å². The lowest BCUT2D eigenvalue weighted by molar-refractivity contribution is -0.138. The Kier molecular flexibility index (Phi) is 6.31. The Hall–Kier alpha value is -3.15. The highest BCUT2D eigenvalue weighted by atomic mass is 19.1. The molecule has 5 nitrogen and oxygen atoms in total. The molecular formula is C26H29FN2O3. The Labute approximate surface area is 188 Å². The zero-order valence-corrected chi connectivity index (χ0v) is 18.8. The van der Waals surface area contributed by atoms with Crippen molar-refractivity contribution < 1.29 is 18.7 Å². The number of carbonyl (C=O) groups is 2. The van der Waals surface area contributed by atoms with Gasteiger partial charge in [-0.1, -0.05) is 37.3 Å². The van der Waals surface area contributed by atoms with Crippen LogP contribution in [-0.4, -0.2) is 40.8 Å². The van der Waals surface area contributed by atoms with Crippen LogP contribution in [0.15, 0.2) is 54.2 Å². The zero-order chi connectivity index (χ0) is 22.8. The number of benzene rings is 2. The van der Waals surface area contributed by atoms with E-state index in [4.69, 9.17) is 4.74 Å². The molecule has 2 aliphatic heterocycles. The third-order valence-electron chi connectivity index (χ3n) is 5.92. The van der Waals surface area contributed by atoms with Gasteiger partial charge in [0.05, 0.1) is 18.2 Å². The zero-order valence-electron chi connectivity index (χ0n) is 18.8. The predicted octanol–water partition coefficient (Wildman–Crippen LogP) is 4.62. The summed E-state index contributed by atoms with van der Waals surface area (Å²) in [5, 5.41) is 0. The number of carbonyl (C=O) groups excluding carboxylic acids is 2. The minimum Gasteiger partial charge on any atom is -0.491 e. The van der Waals surface area contributed by atoms with Crippen LogP contribution >= 0.6 is 0 Å². The minimum absolute atomic E-state index is 0.0383. The maximum Gasteiger partial charge on any atom is 0.278 e. The number of amides is 2. The van der Waals surface area contributed by atoms with E-state index >= 15 is 0 Å². The summed E-state index contributed by atoms with van der Waals surface area (Å²) in [6, 6.07) is 13.5. The van der Waals surface area contributed by atoms with Crippen molar-refractivity contribution in [1.29, 1.82) is 0 Å². The number of likely N-dealkylation sites (tertiary alicyclic amines) is 1. The fourth-order valence-corrected chi connectivity index (χ4v) is 4.42. The Morgan fingerprint density at radius 3 is 2.44 bits per heavy atom. The van der Waals surface area contributed by atoms with Crippen LogP contribution in [0.1, 0.15) is 44.7 Å². The lowest BCUT2D eigenvalue weighted by atomic mass is 9.97. The van der Waals surface area contributed by atoms with Crippen molar-refractivity contribution in [3.05, 3.63) is 71.2 Å². The summed E-state index contributed by atoms with van der Waals surface area (Å²) in [6.07, 6.45) is 2.10. The molecule has 0 saturated carbocycles. The topological polar surface area (TPSA) is 49.9 Å². The molecule has 2 aliphatic rings. The molecule has 1 unspecified atom stereocenters. The second-order valence-corrected chi connectivity index (χ2v) is 8.90. The molecule has 168 valence electrons. The van der Waals surface area contributed by atoms with Gasteiger partial charge in [-0.3, -0.25) is 14.5 Å². The highest BCUT2D eigenvalue weighted by Gasteiger charge is 2.42. The third-order valence-corrected chi connectivity index (χ3v) is 5.92. The summed E-state index contributed by atoms with van der Waals surface area (Å²) in [6.45, 7) is 7.42. The molecule has 0 aliphatic carbocycles. The fourth-order valence-electron chi connectivity index (χ4n) is 4.42. The van der Waals surface area contributed by atoms with Crippen LogP contribution in [0.4, 0.5) is 4.39 Å². The van der Waals surface area contributed by atoms with E-state index in [1.165, 1.54) is 11.0 Å². The minimum atomic E-state index is -0.426. The molecule has 0 aromatic heterocycles. The van der Waals surface area contributed by atoms with Crippen LogP contribution < -0.4 is 4.74 Å². The molecular weight excluding hydrogens is 407 g/mol. The first-order valence-corrected chi connectivity index (χ1v) is 11.2. The first-order valence-electron chi connectivity index (χ1n) is 11.2. The molecule has 1 atom stereocenters. The fraction of sp³-hybridized carbons (Fsp3) is 0.385. The Morgan fingerprint density at radius 1 is 1.06 bits per heavy atom. The summed E-state index contributed by atoms with van der Waals surface area (Å²) < 4.78 is 20.0. The molecule has 0 bridgehead atoms. The molecule has 2 heterocycles. The number of hydrogen-bond donors (Lipinski definition) is 0. The van der Waals surface area contributed by atoms with Gasteiger partial charge >= 0.3 is 0 Å². The van der Waals surface area contributed by atoms with Crippen molar-refractivity contribution in [3.63, 3.8) is 0 Å². The first kappa shape index (κ1) is 22.1. The Bertz CT molecular complexity index is 1050. The molecule has 2 amide bonds. The van der Waals surface area contributed by atoms with Crippen LogP contribution in [0.3, 0.4) is 0 Å². The van der Waals surface area contributed by atoms with Crippen molar-refractivity contribution in [2.75, 3.05) is 13.1 Å².